The molecule has 2 amide bonds. The van der Waals surface area contributed by atoms with E-state index in [0.29, 0.717) is 17.7 Å². The first kappa shape index (κ1) is 18.4. The van der Waals surface area contributed by atoms with Gasteiger partial charge in [0, 0.05) is 30.5 Å². The van der Waals surface area contributed by atoms with E-state index in [1.807, 2.05) is 26.0 Å². The molecular weight excluding hydrogens is 316 g/mol. The van der Waals surface area contributed by atoms with Gasteiger partial charge >= 0.3 is 0 Å². The minimum absolute atomic E-state index is 0.0379. The second-order valence-electron chi connectivity index (χ2n) is 6.06. The van der Waals surface area contributed by atoms with Gasteiger partial charge in [-0.05, 0) is 48.7 Å². The summed E-state index contributed by atoms with van der Waals surface area (Å²) in [6.45, 7) is 4.30. The van der Waals surface area contributed by atoms with Crippen molar-refractivity contribution in [2.45, 2.75) is 33.2 Å². The molecule has 0 saturated carbocycles. The molecule has 2 rings (SSSR count). The Morgan fingerprint density at radius 3 is 2.12 bits per heavy atom. The van der Waals surface area contributed by atoms with Crippen molar-refractivity contribution >= 4 is 17.6 Å². The third-order valence-electron chi connectivity index (χ3n) is 4.14. The number of nitrogens with two attached hydrogens (primary N) is 1. The smallest absolute Gasteiger partial charge is 0.248 e. The van der Waals surface area contributed by atoms with Crippen molar-refractivity contribution in [1.29, 1.82) is 0 Å². The van der Waals surface area contributed by atoms with Gasteiger partial charge in [-0.25, -0.2) is 0 Å². The van der Waals surface area contributed by atoms with Crippen molar-refractivity contribution in [1.82, 2.24) is 5.32 Å². The molecule has 25 heavy (non-hydrogen) atoms. The molecule has 0 fully saturated rings. The molecule has 130 valence electrons. The van der Waals surface area contributed by atoms with Gasteiger partial charge in [0.05, 0.1) is 0 Å². The van der Waals surface area contributed by atoms with Gasteiger partial charge in [0.25, 0.3) is 0 Å². The fourth-order valence-electron chi connectivity index (χ4n) is 2.36. The van der Waals surface area contributed by atoms with Crippen LogP contribution in [-0.4, -0.2) is 17.6 Å². The van der Waals surface area contributed by atoms with E-state index in [9.17, 15) is 14.4 Å². The number of benzene rings is 2. The number of carbonyl (C=O) groups is 3. The summed E-state index contributed by atoms with van der Waals surface area (Å²) in [6.07, 6.45) is 0.320. The van der Waals surface area contributed by atoms with Crippen LogP contribution in [0.4, 0.5) is 0 Å². The number of rotatable bonds is 7. The zero-order chi connectivity index (χ0) is 18.4. The molecule has 5 heteroatoms. The molecule has 2 aromatic rings. The lowest BCUT2D eigenvalue weighted by atomic mass is 10.0. The maximum absolute atomic E-state index is 12.2. The van der Waals surface area contributed by atoms with Gasteiger partial charge in [-0.2, -0.15) is 0 Å². The summed E-state index contributed by atoms with van der Waals surface area (Å²) in [7, 11) is 0. The minimum atomic E-state index is -0.486. The second kappa shape index (κ2) is 8.24. The van der Waals surface area contributed by atoms with Crippen LogP contribution >= 0.6 is 0 Å². The van der Waals surface area contributed by atoms with Crippen molar-refractivity contribution in [3.8, 4) is 0 Å². The average molecular weight is 338 g/mol. The number of hydrogen-bond acceptors (Lipinski definition) is 3. The first-order chi connectivity index (χ1) is 11.9. The molecule has 0 spiro atoms. The summed E-state index contributed by atoms with van der Waals surface area (Å²) in [5.41, 5.74) is 9.30. The molecule has 0 aromatic heterocycles. The molecule has 0 heterocycles. The molecular formula is C20H22N2O3. The van der Waals surface area contributed by atoms with E-state index < -0.39 is 5.91 Å². The molecule has 0 atom stereocenters. The van der Waals surface area contributed by atoms with E-state index in [1.165, 1.54) is 0 Å². The summed E-state index contributed by atoms with van der Waals surface area (Å²) in [5, 5.41) is 2.77. The van der Waals surface area contributed by atoms with Crippen LogP contribution in [0.25, 0.3) is 0 Å². The Morgan fingerprint density at radius 2 is 1.52 bits per heavy atom. The zero-order valence-corrected chi connectivity index (χ0v) is 14.5. The Kier molecular flexibility index (Phi) is 6.06. The third-order valence-corrected chi connectivity index (χ3v) is 4.14. The molecule has 2 aromatic carbocycles. The van der Waals surface area contributed by atoms with Crippen LogP contribution in [0.15, 0.2) is 42.5 Å². The topological polar surface area (TPSA) is 89.3 Å². The summed E-state index contributed by atoms with van der Waals surface area (Å²) in [5.74, 6) is -0.708. The fraction of sp³-hybridized carbons (Fsp3) is 0.250. The van der Waals surface area contributed by atoms with Gasteiger partial charge < -0.3 is 11.1 Å². The molecule has 0 radical (unpaired) electrons. The second-order valence-corrected chi connectivity index (χ2v) is 6.06. The van der Waals surface area contributed by atoms with Gasteiger partial charge in [-0.15, -0.1) is 0 Å². The highest BCUT2D eigenvalue weighted by Gasteiger charge is 2.10. The SMILES string of the molecule is Cc1ccc(C(=O)CCC(=O)NCc2ccc(C(N)=O)cc2)cc1C. The van der Waals surface area contributed by atoms with Crippen molar-refractivity contribution < 1.29 is 14.4 Å². The van der Waals surface area contributed by atoms with Crippen molar-refractivity contribution in [2.75, 3.05) is 0 Å². The quantitative estimate of drug-likeness (QED) is 0.761. The zero-order valence-electron chi connectivity index (χ0n) is 14.5. The summed E-state index contributed by atoms with van der Waals surface area (Å²) in [6, 6.07) is 12.3. The monoisotopic (exact) mass is 338 g/mol. The Balaban J connectivity index is 1.81. The number of carbonyl (C=O) groups excluding carboxylic acids is 3. The van der Waals surface area contributed by atoms with Gasteiger partial charge in [-0.1, -0.05) is 24.3 Å². The third kappa shape index (κ3) is 5.28. The number of Topliss-reactive ketones (excluding diaryl/α,β-unsaturated/α-hetero) is 1. The normalized spacial score (nSPS) is 10.3. The first-order valence-electron chi connectivity index (χ1n) is 8.12. The van der Waals surface area contributed by atoms with Crippen LogP contribution in [0.2, 0.25) is 0 Å². The number of aryl methyl sites for hydroxylation is 2. The maximum atomic E-state index is 12.2. The van der Waals surface area contributed by atoms with Crippen LogP contribution in [0.5, 0.6) is 0 Å². The molecule has 0 unspecified atom stereocenters. The van der Waals surface area contributed by atoms with E-state index in [-0.39, 0.29) is 24.5 Å². The van der Waals surface area contributed by atoms with Gasteiger partial charge in [0.2, 0.25) is 11.8 Å². The number of primary amides is 1. The predicted octanol–water partition coefficient (Wildman–Crippen LogP) is 2.68. The van der Waals surface area contributed by atoms with Crippen LogP contribution in [0, 0.1) is 13.8 Å². The molecule has 0 aliphatic carbocycles. The lowest BCUT2D eigenvalue weighted by Gasteiger charge is -2.07. The Labute approximate surface area is 147 Å². The molecule has 0 aliphatic heterocycles. The molecule has 0 aliphatic rings. The van der Waals surface area contributed by atoms with Crippen LogP contribution in [0.3, 0.4) is 0 Å². The average Bonchev–Trinajstić information content (AvgIpc) is 2.60. The number of amides is 2. The van der Waals surface area contributed by atoms with Crippen molar-refractivity contribution in [2.24, 2.45) is 5.73 Å². The van der Waals surface area contributed by atoms with Crippen LogP contribution < -0.4 is 11.1 Å². The van der Waals surface area contributed by atoms with E-state index in [4.69, 9.17) is 5.73 Å². The summed E-state index contributed by atoms with van der Waals surface area (Å²) < 4.78 is 0. The fourth-order valence-corrected chi connectivity index (χ4v) is 2.36. The predicted molar refractivity (Wildman–Crippen MR) is 96.3 cm³/mol. The number of nitrogens with one attached hydrogen (secondary N) is 1. The minimum Gasteiger partial charge on any atom is -0.366 e. The number of ketones is 1. The lowest BCUT2D eigenvalue weighted by molar-refractivity contribution is -0.121. The van der Waals surface area contributed by atoms with Crippen LogP contribution in [-0.2, 0) is 11.3 Å². The Bertz CT molecular complexity index is 795. The molecule has 0 bridgehead atoms. The summed E-state index contributed by atoms with van der Waals surface area (Å²) in [4.78, 5) is 35.1. The van der Waals surface area contributed by atoms with E-state index >= 15 is 0 Å². The maximum Gasteiger partial charge on any atom is 0.248 e. The Morgan fingerprint density at radius 1 is 0.880 bits per heavy atom. The Hall–Kier alpha value is -2.95. The van der Waals surface area contributed by atoms with E-state index in [2.05, 4.69) is 5.32 Å². The van der Waals surface area contributed by atoms with Gasteiger partial charge in [0.15, 0.2) is 5.78 Å². The van der Waals surface area contributed by atoms with Crippen LogP contribution in [0.1, 0.15) is 50.2 Å². The lowest BCUT2D eigenvalue weighted by Crippen LogP contribution is -2.23. The molecule has 0 saturated heterocycles. The van der Waals surface area contributed by atoms with E-state index in [1.54, 1.807) is 30.3 Å². The summed E-state index contributed by atoms with van der Waals surface area (Å²) >= 11 is 0. The first-order valence-corrected chi connectivity index (χ1v) is 8.12. The van der Waals surface area contributed by atoms with Gasteiger partial charge in [0.1, 0.15) is 0 Å². The molecule has 5 nitrogen and oxygen atoms in total. The van der Waals surface area contributed by atoms with Crippen molar-refractivity contribution in [3.05, 3.63) is 70.3 Å². The number of hydrogen-bond donors (Lipinski definition) is 2. The van der Waals surface area contributed by atoms with Gasteiger partial charge in [-0.3, -0.25) is 14.4 Å². The highest BCUT2D eigenvalue weighted by Crippen LogP contribution is 2.12. The molecule has 3 N–H and O–H groups in total. The highest BCUT2D eigenvalue weighted by atomic mass is 16.2. The largest absolute Gasteiger partial charge is 0.366 e. The highest BCUT2D eigenvalue weighted by molar-refractivity contribution is 5.98. The standard InChI is InChI=1S/C20H22N2O3/c1-13-3-6-17(11-14(13)2)18(23)9-10-19(24)22-12-15-4-7-16(8-5-15)20(21)25/h3-8,11H,9-10,12H2,1-2H3,(H2,21,25)(H,22,24). The van der Waals surface area contributed by atoms with Crippen molar-refractivity contribution in [3.63, 3.8) is 0 Å². The van der Waals surface area contributed by atoms with E-state index in [0.717, 1.165) is 16.7 Å².